The number of halogens is 1. The van der Waals surface area contributed by atoms with E-state index in [1.807, 2.05) is 55.6 Å². The number of hydrogen-bond donors (Lipinski definition) is 2. The van der Waals surface area contributed by atoms with Crippen LogP contribution in [0.15, 0.2) is 58.8 Å². The molecular weight excluding hydrogens is 374 g/mol. The van der Waals surface area contributed by atoms with Crippen molar-refractivity contribution < 1.29 is 4.74 Å². The highest BCUT2D eigenvalue weighted by Gasteiger charge is 2.37. The van der Waals surface area contributed by atoms with Crippen LogP contribution in [0.3, 0.4) is 0 Å². The molecule has 23 heavy (non-hydrogen) atoms. The molecule has 0 bridgehead atoms. The van der Waals surface area contributed by atoms with Crippen LogP contribution in [-0.4, -0.2) is 15.6 Å². The number of nitrogens with two attached hydrogens (primary N) is 1. The number of aromatic amines is 1. The van der Waals surface area contributed by atoms with Crippen LogP contribution in [0.25, 0.3) is 0 Å². The second kappa shape index (κ2) is 6.86. The minimum atomic E-state index is -0.599. The molecule has 0 aliphatic rings. The Morgan fingerprint density at radius 1 is 1.30 bits per heavy atom. The molecule has 0 aliphatic heterocycles. The molecule has 0 aliphatic carbocycles. The third kappa shape index (κ3) is 3.83. The number of thiophene rings is 1. The van der Waals surface area contributed by atoms with Gasteiger partial charge in [-0.05, 0) is 47.1 Å². The zero-order chi connectivity index (χ0) is 16.3. The first kappa shape index (κ1) is 16.2. The number of imidazole rings is 1. The fraction of sp³-hybridized carbons (Fsp3) is 0.235. The van der Waals surface area contributed by atoms with E-state index in [4.69, 9.17) is 10.5 Å². The van der Waals surface area contributed by atoms with Crippen molar-refractivity contribution in [2.24, 2.45) is 5.73 Å². The van der Waals surface area contributed by atoms with E-state index in [-0.39, 0.29) is 6.04 Å². The highest BCUT2D eigenvalue weighted by atomic mass is 79.9. The van der Waals surface area contributed by atoms with Crippen LogP contribution in [0.5, 0.6) is 5.75 Å². The molecular formula is C17H18BrN3OS. The maximum Gasteiger partial charge on any atom is 0.132 e. The number of rotatable bonds is 6. The van der Waals surface area contributed by atoms with Gasteiger partial charge in [-0.3, -0.25) is 0 Å². The predicted molar refractivity (Wildman–Crippen MR) is 96.7 cm³/mol. The van der Waals surface area contributed by atoms with Gasteiger partial charge in [-0.1, -0.05) is 18.2 Å². The molecule has 0 amide bonds. The Morgan fingerprint density at radius 3 is 2.70 bits per heavy atom. The second-order valence-corrected chi connectivity index (χ2v) is 8.10. The predicted octanol–water partition coefficient (Wildman–Crippen LogP) is 4.31. The highest BCUT2D eigenvalue weighted by Crippen LogP contribution is 2.36. The van der Waals surface area contributed by atoms with Crippen LogP contribution < -0.4 is 10.5 Å². The summed E-state index contributed by atoms with van der Waals surface area (Å²) < 4.78 is 7.38. The number of nitrogens with zero attached hydrogens (tertiary/aromatic N) is 1. The highest BCUT2D eigenvalue weighted by molar-refractivity contribution is 9.11. The lowest BCUT2D eigenvalue weighted by molar-refractivity contribution is 0.0602. The summed E-state index contributed by atoms with van der Waals surface area (Å²) in [5.41, 5.74) is 6.98. The lowest BCUT2D eigenvalue weighted by Gasteiger charge is -2.35. The van der Waals surface area contributed by atoms with Crippen molar-refractivity contribution in [1.29, 1.82) is 0 Å². The number of aromatic nitrogens is 2. The summed E-state index contributed by atoms with van der Waals surface area (Å²) in [5, 5.41) is 0. The van der Waals surface area contributed by atoms with E-state index in [9.17, 15) is 0 Å². The van der Waals surface area contributed by atoms with E-state index in [1.165, 1.54) is 0 Å². The van der Waals surface area contributed by atoms with Crippen LogP contribution in [0.1, 0.15) is 23.5 Å². The van der Waals surface area contributed by atoms with Crippen molar-refractivity contribution in [2.45, 2.75) is 25.0 Å². The minimum absolute atomic E-state index is 0.262. The van der Waals surface area contributed by atoms with Gasteiger partial charge in [0.25, 0.3) is 0 Å². The Labute approximate surface area is 147 Å². The van der Waals surface area contributed by atoms with Gasteiger partial charge in [0.1, 0.15) is 11.4 Å². The summed E-state index contributed by atoms with van der Waals surface area (Å²) in [4.78, 5) is 8.31. The smallest absolute Gasteiger partial charge is 0.132 e. The molecule has 3 N–H and O–H groups in total. The Hall–Kier alpha value is -1.63. The van der Waals surface area contributed by atoms with Crippen LogP contribution in [0, 0.1) is 0 Å². The van der Waals surface area contributed by atoms with Crippen LogP contribution >= 0.6 is 27.3 Å². The lowest BCUT2D eigenvalue weighted by Crippen LogP contribution is -2.45. The molecule has 2 heterocycles. The third-order valence-electron chi connectivity index (χ3n) is 3.75. The van der Waals surface area contributed by atoms with E-state index in [1.54, 1.807) is 17.7 Å². The van der Waals surface area contributed by atoms with Gasteiger partial charge < -0.3 is 15.5 Å². The molecule has 2 aromatic heterocycles. The van der Waals surface area contributed by atoms with Gasteiger partial charge in [-0.15, -0.1) is 11.3 Å². The van der Waals surface area contributed by atoms with Crippen molar-refractivity contribution in [1.82, 2.24) is 9.97 Å². The van der Waals surface area contributed by atoms with Crippen molar-refractivity contribution in [3.05, 3.63) is 69.3 Å². The van der Waals surface area contributed by atoms with E-state index in [2.05, 4.69) is 25.9 Å². The first-order chi connectivity index (χ1) is 11.1. The molecule has 0 spiro atoms. The number of hydrogen-bond acceptors (Lipinski definition) is 4. The molecule has 2 unspecified atom stereocenters. The summed E-state index contributed by atoms with van der Waals surface area (Å²) >= 11 is 5.13. The minimum Gasteiger partial charge on any atom is -0.485 e. The SMILES string of the molecule is CC(Cc1cnc[nH]1)(Oc1ccccc1)C(N)c1ccc(Br)s1. The van der Waals surface area contributed by atoms with Crippen LogP contribution in [-0.2, 0) is 6.42 Å². The van der Waals surface area contributed by atoms with Crippen molar-refractivity contribution >= 4 is 27.3 Å². The number of nitrogens with one attached hydrogen (secondary N) is 1. The normalized spacial score (nSPS) is 15.1. The largest absolute Gasteiger partial charge is 0.485 e. The summed E-state index contributed by atoms with van der Waals surface area (Å²) in [6, 6.07) is 13.6. The topological polar surface area (TPSA) is 63.9 Å². The van der Waals surface area contributed by atoms with Crippen molar-refractivity contribution in [2.75, 3.05) is 0 Å². The molecule has 6 heteroatoms. The molecule has 1 aromatic carbocycles. The van der Waals surface area contributed by atoms with E-state index in [0.29, 0.717) is 6.42 Å². The summed E-state index contributed by atoms with van der Waals surface area (Å²) in [6.45, 7) is 2.04. The van der Waals surface area contributed by atoms with Crippen molar-refractivity contribution in [3.63, 3.8) is 0 Å². The molecule has 2 atom stereocenters. The second-order valence-electron chi connectivity index (χ2n) is 5.60. The van der Waals surface area contributed by atoms with Gasteiger partial charge in [0.05, 0.1) is 16.2 Å². The molecule has 120 valence electrons. The Morgan fingerprint density at radius 2 is 2.09 bits per heavy atom. The van der Waals surface area contributed by atoms with E-state index < -0.39 is 5.60 Å². The molecule has 3 rings (SSSR count). The summed E-state index contributed by atoms with van der Waals surface area (Å²) in [6.07, 6.45) is 4.12. The van der Waals surface area contributed by atoms with Gasteiger partial charge in [0, 0.05) is 23.2 Å². The zero-order valence-corrected chi connectivity index (χ0v) is 15.1. The maximum atomic E-state index is 6.58. The molecule has 0 radical (unpaired) electrons. The van der Waals surface area contributed by atoms with Gasteiger partial charge >= 0.3 is 0 Å². The number of para-hydroxylation sites is 1. The fourth-order valence-corrected chi connectivity index (χ4v) is 4.09. The monoisotopic (exact) mass is 391 g/mol. The van der Waals surface area contributed by atoms with Crippen LogP contribution in [0.2, 0.25) is 0 Å². The Balaban J connectivity index is 1.91. The first-order valence-electron chi connectivity index (χ1n) is 7.29. The quantitative estimate of drug-likeness (QED) is 0.657. The maximum absolute atomic E-state index is 6.58. The van der Waals surface area contributed by atoms with Gasteiger partial charge in [-0.2, -0.15) is 0 Å². The first-order valence-corrected chi connectivity index (χ1v) is 8.90. The number of ether oxygens (including phenoxy) is 1. The molecule has 4 nitrogen and oxygen atoms in total. The standard InChI is InChI=1S/C17H18BrN3OS/c1-17(9-12-10-20-11-21-12,22-13-5-3-2-4-6-13)16(19)14-7-8-15(18)23-14/h2-8,10-11,16H,9,19H2,1H3,(H,20,21). The zero-order valence-electron chi connectivity index (χ0n) is 12.7. The number of benzene rings is 1. The van der Waals surface area contributed by atoms with Gasteiger partial charge in [0.2, 0.25) is 0 Å². The molecule has 0 saturated carbocycles. The molecule has 0 saturated heterocycles. The van der Waals surface area contributed by atoms with E-state index >= 15 is 0 Å². The summed E-state index contributed by atoms with van der Waals surface area (Å²) in [5.74, 6) is 0.806. The van der Waals surface area contributed by atoms with Crippen LogP contribution in [0.4, 0.5) is 0 Å². The van der Waals surface area contributed by atoms with Gasteiger partial charge in [0.15, 0.2) is 0 Å². The Kier molecular flexibility index (Phi) is 4.84. The average molecular weight is 392 g/mol. The molecule has 3 aromatic rings. The third-order valence-corrected chi connectivity index (χ3v) is 5.46. The fourth-order valence-electron chi connectivity index (χ4n) is 2.52. The summed E-state index contributed by atoms with van der Waals surface area (Å²) in [7, 11) is 0. The van der Waals surface area contributed by atoms with Gasteiger partial charge in [-0.25, -0.2) is 4.98 Å². The van der Waals surface area contributed by atoms with Crippen molar-refractivity contribution in [3.8, 4) is 5.75 Å². The average Bonchev–Trinajstić information content (AvgIpc) is 3.19. The number of H-pyrrole nitrogens is 1. The molecule has 0 fully saturated rings. The van der Waals surface area contributed by atoms with E-state index in [0.717, 1.165) is 20.1 Å². The Bertz CT molecular complexity index is 744. The lowest BCUT2D eigenvalue weighted by atomic mass is 9.90.